The molecule has 1 amide bonds. The zero-order chi connectivity index (χ0) is 21.5. The van der Waals surface area contributed by atoms with Crippen molar-refractivity contribution < 1.29 is 18.0 Å². The summed E-state index contributed by atoms with van der Waals surface area (Å²) in [6.07, 6.45) is -1.49. The lowest BCUT2D eigenvalue weighted by Gasteiger charge is -2.38. The summed E-state index contributed by atoms with van der Waals surface area (Å²) in [6, 6.07) is 8.96. The van der Waals surface area contributed by atoms with Crippen LogP contribution in [0.5, 0.6) is 0 Å². The van der Waals surface area contributed by atoms with Crippen LogP contribution >= 0.6 is 11.6 Å². The highest BCUT2D eigenvalue weighted by Gasteiger charge is 2.35. The number of halogens is 4. The lowest BCUT2D eigenvalue weighted by atomic mass is 9.89. The van der Waals surface area contributed by atoms with Crippen molar-refractivity contribution >= 4 is 29.0 Å². The van der Waals surface area contributed by atoms with Crippen LogP contribution < -0.4 is 9.80 Å². The van der Waals surface area contributed by atoms with E-state index < -0.39 is 11.7 Å². The summed E-state index contributed by atoms with van der Waals surface area (Å²) in [4.78, 5) is 20.9. The van der Waals surface area contributed by atoms with Crippen LogP contribution in [-0.2, 0) is 11.0 Å². The first kappa shape index (κ1) is 21.0. The number of nitrogens with zero attached hydrogens (tertiary/aromatic N) is 3. The van der Waals surface area contributed by atoms with Gasteiger partial charge in [-0.2, -0.15) is 13.2 Å². The van der Waals surface area contributed by atoms with E-state index in [1.807, 2.05) is 28.0 Å². The van der Waals surface area contributed by atoms with Gasteiger partial charge in [0.05, 0.1) is 10.6 Å². The number of alkyl halides is 3. The van der Waals surface area contributed by atoms with Crippen LogP contribution in [0.25, 0.3) is 0 Å². The molecule has 30 heavy (non-hydrogen) atoms. The van der Waals surface area contributed by atoms with Gasteiger partial charge in [0.2, 0.25) is 5.91 Å². The Balaban J connectivity index is 1.44. The molecular weight excluding hydrogens is 415 g/mol. The van der Waals surface area contributed by atoms with Gasteiger partial charge in [-0.15, -0.1) is 0 Å². The van der Waals surface area contributed by atoms with Gasteiger partial charge in [-0.1, -0.05) is 36.7 Å². The van der Waals surface area contributed by atoms with Gasteiger partial charge >= 0.3 is 6.18 Å². The van der Waals surface area contributed by atoms with E-state index in [2.05, 4.69) is 18.0 Å². The van der Waals surface area contributed by atoms with Gasteiger partial charge in [-0.25, -0.2) is 4.98 Å². The number of pyridine rings is 1. The highest BCUT2D eigenvalue weighted by atomic mass is 35.5. The zero-order valence-corrected chi connectivity index (χ0v) is 17.4. The smallest absolute Gasteiger partial charge is 0.355 e. The standard InChI is InChI=1S/C22H23ClF3N3O/c1-14-6-11-29(19-5-3-2-4-17(14)19)21(30)15-7-9-28(10-8-15)20-18(23)12-16(13-27-20)22(24,25)26/h2-5,12-15H,6-11H2,1H3. The lowest BCUT2D eigenvalue weighted by molar-refractivity contribution is -0.137. The summed E-state index contributed by atoms with van der Waals surface area (Å²) in [7, 11) is 0. The minimum atomic E-state index is -4.48. The van der Waals surface area contributed by atoms with E-state index in [1.54, 1.807) is 0 Å². The van der Waals surface area contributed by atoms with Crippen LogP contribution in [0.15, 0.2) is 36.5 Å². The number of carbonyl (C=O) groups is 1. The van der Waals surface area contributed by atoms with Gasteiger partial charge in [0.1, 0.15) is 5.82 Å². The van der Waals surface area contributed by atoms with Crippen LogP contribution in [0.3, 0.4) is 0 Å². The molecule has 0 spiro atoms. The Kier molecular flexibility index (Phi) is 5.66. The highest BCUT2D eigenvalue weighted by Crippen LogP contribution is 2.38. The van der Waals surface area contributed by atoms with Crippen LogP contribution in [0.2, 0.25) is 5.02 Å². The molecule has 0 saturated carbocycles. The predicted molar refractivity (Wildman–Crippen MR) is 111 cm³/mol. The molecule has 1 aromatic carbocycles. The summed E-state index contributed by atoms with van der Waals surface area (Å²) in [5, 5.41) is -0.0199. The molecule has 0 aliphatic carbocycles. The molecule has 0 radical (unpaired) electrons. The van der Waals surface area contributed by atoms with E-state index >= 15 is 0 Å². The fraction of sp³-hybridized carbons (Fsp3) is 0.455. The van der Waals surface area contributed by atoms with Gasteiger partial charge in [0, 0.05) is 37.4 Å². The summed E-state index contributed by atoms with van der Waals surface area (Å²) in [5.41, 5.74) is 1.34. The van der Waals surface area contributed by atoms with Gasteiger partial charge < -0.3 is 9.80 Å². The molecule has 2 aliphatic rings. The third-order valence-corrected chi connectivity index (χ3v) is 6.38. The van der Waals surface area contributed by atoms with Crippen molar-refractivity contribution in [3.05, 3.63) is 52.7 Å². The number of para-hydroxylation sites is 1. The predicted octanol–water partition coefficient (Wildman–Crippen LogP) is 5.51. The molecule has 1 saturated heterocycles. The number of anilines is 2. The van der Waals surface area contributed by atoms with Crippen molar-refractivity contribution in [2.45, 2.75) is 38.3 Å². The number of piperidine rings is 1. The molecular formula is C22H23ClF3N3O. The van der Waals surface area contributed by atoms with Crippen LogP contribution in [-0.4, -0.2) is 30.5 Å². The largest absolute Gasteiger partial charge is 0.417 e. The molecule has 4 nitrogen and oxygen atoms in total. The number of hydrogen-bond acceptors (Lipinski definition) is 3. The normalized spacial score (nSPS) is 20.2. The fourth-order valence-electron chi connectivity index (χ4n) is 4.35. The van der Waals surface area contributed by atoms with E-state index in [4.69, 9.17) is 11.6 Å². The maximum absolute atomic E-state index is 13.2. The summed E-state index contributed by atoms with van der Waals surface area (Å²) in [5.74, 6) is 0.782. The average molecular weight is 438 g/mol. The second kappa shape index (κ2) is 8.10. The minimum Gasteiger partial charge on any atom is -0.355 e. The van der Waals surface area contributed by atoms with E-state index in [9.17, 15) is 18.0 Å². The minimum absolute atomic E-state index is 0.0199. The maximum Gasteiger partial charge on any atom is 0.417 e. The molecule has 4 rings (SSSR count). The van der Waals surface area contributed by atoms with Crippen molar-refractivity contribution in [2.24, 2.45) is 5.92 Å². The Bertz CT molecular complexity index is 941. The number of hydrogen-bond donors (Lipinski definition) is 0. The Labute approximate surface area is 178 Å². The first-order valence-electron chi connectivity index (χ1n) is 10.1. The average Bonchev–Trinajstić information content (AvgIpc) is 2.73. The van der Waals surface area contributed by atoms with Gasteiger partial charge in [0.15, 0.2) is 0 Å². The number of rotatable bonds is 2. The molecule has 0 N–H and O–H groups in total. The van der Waals surface area contributed by atoms with Crippen LogP contribution in [0, 0.1) is 5.92 Å². The number of fused-ring (bicyclic) bond motifs is 1. The molecule has 2 aromatic rings. The molecule has 1 aromatic heterocycles. The molecule has 8 heteroatoms. The molecule has 0 bridgehead atoms. The van der Waals surface area contributed by atoms with E-state index in [0.717, 1.165) is 24.4 Å². The van der Waals surface area contributed by atoms with E-state index in [-0.39, 0.29) is 16.8 Å². The van der Waals surface area contributed by atoms with Gasteiger partial charge in [0.25, 0.3) is 0 Å². The third-order valence-electron chi connectivity index (χ3n) is 6.10. The molecule has 3 heterocycles. The van der Waals surface area contributed by atoms with Gasteiger partial charge in [-0.05, 0) is 42.9 Å². The summed E-state index contributed by atoms with van der Waals surface area (Å²) < 4.78 is 38.5. The van der Waals surface area contributed by atoms with Crippen LogP contribution in [0.4, 0.5) is 24.7 Å². The third kappa shape index (κ3) is 4.00. The second-order valence-corrected chi connectivity index (χ2v) is 8.43. The Morgan fingerprint density at radius 1 is 1.13 bits per heavy atom. The molecule has 160 valence electrons. The van der Waals surface area contributed by atoms with Gasteiger partial charge in [-0.3, -0.25) is 4.79 Å². The lowest BCUT2D eigenvalue weighted by Crippen LogP contribution is -2.45. The van der Waals surface area contributed by atoms with Crippen LogP contribution in [0.1, 0.15) is 43.2 Å². The number of aromatic nitrogens is 1. The molecule has 1 unspecified atom stereocenters. The van der Waals surface area contributed by atoms with Crippen molar-refractivity contribution in [1.82, 2.24) is 4.98 Å². The van der Waals surface area contributed by atoms with Crippen molar-refractivity contribution in [3.8, 4) is 0 Å². The molecule has 2 aliphatic heterocycles. The molecule has 1 fully saturated rings. The SMILES string of the molecule is CC1CCN(C(=O)C2CCN(c3ncc(C(F)(F)F)cc3Cl)CC2)c2ccccc21. The first-order chi connectivity index (χ1) is 14.3. The number of carbonyl (C=O) groups excluding carboxylic acids is 1. The van der Waals surface area contributed by atoms with Crippen molar-refractivity contribution in [2.75, 3.05) is 29.4 Å². The topological polar surface area (TPSA) is 36.4 Å². The quantitative estimate of drug-likeness (QED) is 0.621. The fourth-order valence-corrected chi connectivity index (χ4v) is 4.64. The molecule has 1 atom stereocenters. The maximum atomic E-state index is 13.2. The zero-order valence-electron chi connectivity index (χ0n) is 16.6. The monoisotopic (exact) mass is 437 g/mol. The van der Waals surface area contributed by atoms with E-state index in [1.165, 1.54) is 5.56 Å². The number of benzene rings is 1. The van der Waals surface area contributed by atoms with Crippen molar-refractivity contribution in [1.29, 1.82) is 0 Å². The highest BCUT2D eigenvalue weighted by molar-refractivity contribution is 6.33. The summed E-state index contributed by atoms with van der Waals surface area (Å²) >= 11 is 6.08. The Morgan fingerprint density at radius 2 is 1.83 bits per heavy atom. The first-order valence-corrected chi connectivity index (χ1v) is 10.5. The summed E-state index contributed by atoms with van der Waals surface area (Å²) in [6.45, 7) is 3.95. The Morgan fingerprint density at radius 3 is 2.50 bits per heavy atom. The second-order valence-electron chi connectivity index (χ2n) is 8.03. The van der Waals surface area contributed by atoms with E-state index in [0.29, 0.717) is 44.2 Å². The van der Waals surface area contributed by atoms with Crippen molar-refractivity contribution in [3.63, 3.8) is 0 Å². The number of amides is 1. The Hall–Kier alpha value is -2.28.